The van der Waals surface area contributed by atoms with Crippen LogP contribution in [0.3, 0.4) is 0 Å². The quantitative estimate of drug-likeness (QED) is 0.0988. The first kappa shape index (κ1) is 31.9. The Balaban J connectivity index is 1.63. The van der Waals surface area contributed by atoms with E-state index in [2.05, 4.69) is 16.0 Å². The zero-order valence-corrected chi connectivity index (χ0v) is 24.5. The van der Waals surface area contributed by atoms with Crippen molar-refractivity contribution in [1.29, 1.82) is 0 Å². The van der Waals surface area contributed by atoms with Crippen LogP contribution in [0.15, 0.2) is 0 Å². The van der Waals surface area contributed by atoms with Crippen molar-refractivity contribution >= 4 is 29.7 Å². The van der Waals surface area contributed by atoms with Crippen LogP contribution in [-0.2, 0) is 19.1 Å². The van der Waals surface area contributed by atoms with Crippen LogP contribution in [0.4, 0.5) is 4.79 Å². The van der Waals surface area contributed by atoms with Crippen molar-refractivity contribution < 1.29 is 44.3 Å². The maximum absolute atomic E-state index is 12.6. The Morgan fingerprint density at radius 1 is 1.18 bits per heavy atom. The van der Waals surface area contributed by atoms with Crippen LogP contribution in [-0.4, -0.2) is 110 Å². The second-order valence-electron chi connectivity index (χ2n) is 12.1. The Bertz CT molecular complexity index is 934. The number of hydrogen-bond acceptors (Lipinski definition) is 10. The van der Waals surface area contributed by atoms with Crippen LogP contribution in [0.2, 0.25) is 0 Å². The van der Waals surface area contributed by atoms with Gasteiger partial charge in [-0.25, -0.2) is 4.79 Å². The van der Waals surface area contributed by atoms with E-state index in [1.165, 1.54) is 27.7 Å². The summed E-state index contributed by atoms with van der Waals surface area (Å²) >= 11 is 1.82. The molecule has 3 aliphatic heterocycles. The van der Waals surface area contributed by atoms with Crippen LogP contribution >= 0.6 is 11.8 Å². The maximum atomic E-state index is 12.6. The Morgan fingerprint density at radius 3 is 2.46 bits per heavy atom. The molecule has 9 atom stereocenters. The summed E-state index contributed by atoms with van der Waals surface area (Å²) in [7, 11) is 0. The number of unbranched alkanes of at least 4 members (excludes halogenated alkanes) is 1. The average molecular weight is 576 g/mol. The van der Waals surface area contributed by atoms with Gasteiger partial charge in [-0.2, -0.15) is 11.8 Å². The maximum Gasteiger partial charge on any atom is 0.315 e. The molecule has 224 valence electrons. The van der Waals surface area contributed by atoms with Crippen molar-refractivity contribution in [1.82, 2.24) is 16.0 Å². The van der Waals surface area contributed by atoms with Crippen LogP contribution in [0.25, 0.3) is 0 Å². The van der Waals surface area contributed by atoms with Gasteiger partial charge in [0.05, 0.1) is 29.8 Å². The largest absolute Gasteiger partial charge is 0.463 e. The highest BCUT2D eigenvalue weighted by molar-refractivity contribution is 8.00. The summed E-state index contributed by atoms with van der Waals surface area (Å²) < 4.78 is 11.8. The molecule has 3 heterocycles. The number of ether oxygens (including phenoxy) is 2. The highest BCUT2D eigenvalue weighted by Gasteiger charge is 2.71. The zero-order valence-electron chi connectivity index (χ0n) is 23.7. The first-order chi connectivity index (χ1) is 18.0. The van der Waals surface area contributed by atoms with E-state index in [-0.39, 0.29) is 31.1 Å². The number of fused-ring (bicyclic) bond motifs is 1. The molecule has 0 aliphatic carbocycles. The SMILES string of the molecule is CC(=O)N[C@@]1(C)C(C)(C(O)C(O)CO)O[C@H](COC(=O)CCCCC2SC[C@@H]3NC(=O)N[C@H]23)C(C)(C)C1(C)O. The Hall–Kier alpha value is -1.64. The van der Waals surface area contributed by atoms with E-state index < -0.39 is 59.0 Å². The first-order valence-electron chi connectivity index (χ1n) is 13.5. The summed E-state index contributed by atoms with van der Waals surface area (Å²) in [5, 5.41) is 51.6. The highest BCUT2D eigenvalue weighted by atomic mass is 32.2. The van der Waals surface area contributed by atoms with E-state index >= 15 is 0 Å². The molecule has 3 aliphatic rings. The molecule has 0 saturated carbocycles. The van der Waals surface area contributed by atoms with E-state index in [1.54, 1.807) is 13.8 Å². The number of aliphatic hydroxyl groups excluding tert-OH is 3. The number of nitrogens with one attached hydrogen (secondary N) is 3. The van der Waals surface area contributed by atoms with Crippen LogP contribution in [0.5, 0.6) is 0 Å². The molecular formula is C26H45N3O9S. The van der Waals surface area contributed by atoms with Gasteiger partial charge in [0.2, 0.25) is 5.91 Å². The van der Waals surface area contributed by atoms with Crippen LogP contribution in [0.1, 0.15) is 67.2 Å². The number of urea groups is 1. The molecule has 0 aromatic carbocycles. The summed E-state index contributed by atoms with van der Waals surface area (Å²) in [4.78, 5) is 36.3. The number of esters is 1. The fourth-order valence-electron chi connectivity index (χ4n) is 6.17. The lowest BCUT2D eigenvalue weighted by Crippen LogP contribution is -2.85. The normalized spacial score (nSPS) is 38.8. The van der Waals surface area contributed by atoms with Crippen molar-refractivity contribution in [3.05, 3.63) is 0 Å². The number of rotatable bonds is 11. The van der Waals surface area contributed by atoms with Crippen LogP contribution in [0, 0.1) is 5.41 Å². The topological polar surface area (TPSA) is 187 Å². The molecule has 13 heteroatoms. The molecule has 12 nitrogen and oxygen atoms in total. The molecule has 7 N–H and O–H groups in total. The molecule has 3 fully saturated rings. The minimum absolute atomic E-state index is 0.116. The minimum Gasteiger partial charge on any atom is -0.463 e. The predicted molar refractivity (Wildman–Crippen MR) is 144 cm³/mol. The third-order valence-electron chi connectivity index (χ3n) is 9.41. The molecule has 0 bridgehead atoms. The summed E-state index contributed by atoms with van der Waals surface area (Å²) in [6.07, 6.45) is -1.78. The summed E-state index contributed by atoms with van der Waals surface area (Å²) in [5.41, 5.74) is -6.22. The van der Waals surface area contributed by atoms with Crippen molar-refractivity contribution in [2.24, 2.45) is 5.41 Å². The van der Waals surface area contributed by atoms with Gasteiger partial charge in [-0.3, -0.25) is 9.59 Å². The van der Waals surface area contributed by atoms with E-state index in [1.807, 2.05) is 11.8 Å². The fourth-order valence-corrected chi connectivity index (χ4v) is 7.72. The van der Waals surface area contributed by atoms with Gasteiger partial charge in [0.15, 0.2) is 0 Å². The third-order valence-corrected chi connectivity index (χ3v) is 10.9. The lowest BCUT2D eigenvalue weighted by Gasteiger charge is -2.66. The Morgan fingerprint density at radius 2 is 1.85 bits per heavy atom. The lowest BCUT2D eigenvalue weighted by atomic mass is 9.54. The second-order valence-corrected chi connectivity index (χ2v) is 13.3. The number of amides is 3. The molecule has 0 radical (unpaired) electrons. The number of hydrogen-bond donors (Lipinski definition) is 7. The van der Waals surface area contributed by atoms with Gasteiger partial charge >= 0.3 is 12.0 Å². The van der Waals surface area contributed by atoms with E-state index in [0.717, 1.165) is 18.6 Å². The number of carbonyl (C=O) groups excluding carboxylic acids is 3. The Kier molecular flexibility index (Phi) is 9.56. The minimum atomic E-state index is -1.78. The van der Waals surface area contributed by atoms with E-state index in [9.17, 15) is 34.8 Å². The zero-order chi connectivity index (χ0) is 29.4. The number of aliphatic hydroxyl groups is 4. The number of thioether (sulfide) groups is 1. The monoisotopic (exact) mass is 575 g/mol. The third kappa shape index (κ3) is 5.76. The van der Waals surface area contributed by atoms with Gasteiger partial charge in [0, 0.05) is 29.8 Å². The van der Waals surface area contributed by atoms with Gasteiger partial charge in [-0.15, -0.1) is 0 Å². The summed E-state index contributed by atoms with van der Waals surface area (Å²) in [6, 6.07) is 0.145. The molecular weight excluding hydrogens is 530 g/mol. The molecule has 39 heavy (non-hydrogen) atoms. The van der Waals surface area contributed by atoms with Gasteiger partial charge in [-0.1, -0.05) is 20.3 Å². The second kappa shape index (κ2) is 11.7. The molecule has 3 rings (SSSR count). The Labute approximate surface area is 234 Å². The smallest absolute Gasteiger partial charge is 0.315 e. The predicted octanol–water partition coefficient (Wildman–Crippen LogP) is -0.201. The molecule has 0 spiro atoms. The van der Waals surface area contributed by atoms with Gasteiger partial charge < -0.3 is 45.9 Å². The molecule has 5 unspecified atom stereocenters. The molecule has 0 aromatic heterocycles. The standard InChI is InChI=1S/C26H45N3O9S/c1-14(31)29-25(5)24(4,21(34)16(32)11-30)38-18(23(2,3)26(25,6)36)12-37-19(33)10-8-7-9-17-20-15(13-39-17)27-22(35)28-20/h15-18,20-21,30,32,34,36H,7-13H2,1-6H3,(H,29,31)(H2,27,28,35)/t15-,16?,17?,18+,20-,21?,24?,25-,26?/m0/s1. The molecule has 0 aromatic rings. The van der Waals surface area contributed by atoms with Crippen molar-refractivity contribution in [3.8, 4) is 0 Å². The molecule has 3 saturated heterocycles. The van der Waals surface area contributed by atoms with Crippen LogP contribution < -0.4 is 16.0 Å². The van der Waals surface area contributed by atoms with E-state index in [4.69, 9.17) is 9.47 Å². The summed E-state index contributed by atoms with van der Waals surface area (Å²) in [6.45, 7) is 8.15. The molecule has 3 amide bonds. The van der Waals surface area contributed by atoms with Gasteiger partial charge in [0.25, 0.3) is 0 Å². The fraction of sp³-hybridized carbons (Fsp3) is 0.885. The average Bonchev–Trinajstić information content (AvgIpc) is 3.40. The lowest BCUT2D eigenvalue weighted by molar-refractivity contribution is -0.334. The highest BCUT2D eigenvalue weighted by Crippen LogP contribution is 2.55. The van der Waals surface area contributed by atoms with Crippen molar-refractivity contribution in [3.63, 3.8) is 0 Å². The van der Waals surface area contributed by atoms with Crippen molar-refractivity contribution in [2.45, 2.75) is 120 Å². The van der Waals surface area contributed by atoms with Crippen molar-refractivity contribution in [2.75, 3.05) is 19.0 Å². The number of carbonyl (C=O) groups is 3. The van der Waals surface area contributed by atoms with Gasteiger partial charge in [0.1, 0.15) is 30.5 Å². The first-order valence-corrected chi connectivity index (χ1v) is 14.6. The van der Waals surface area contributed by atoms with Gasteiger partial charge in [-0.05, 0) is 33.6 Å². The van der Waals surface area contributed by atoms with E-state index in [0.29, 0.717) is 11.7 Å². The summed E-state index contributed by atoms with van der Waals surface area (Å²) in [5.74, 6) is -0.0483.